The van der Waals surface area contributed by atoms with Gasteiger partial charge in [0.2, 0.25) is 0 Å². The van der Waals surface area contributed by atoms with Crippen LogP contribution in [0.4, 0.5) is 5.69 Å². The van der Waals surface area contributed by atoms with E-state index in [4.69, 9.17) is 9.47 Å². The second kappa shape index (κ2) is 6.41. The molecule has 1 aromatic carbocycles. The summed E-state index contributed by atoms with van der Waals surface area (Å²) >= 11 is 3.54. The van der Waals surface area contributed by atoms with Crippen LogP contribution in [0.1, 0.15) is 0 Å². The van der Waals surface area contributed by atoms with Gasteiger partial charge in [-0.05, 0) is 41.2 Å². The first-order chi connectivity index (χ1) is 8.70. The van der Waals surface area contributed by atoms with Gasteiger partial charge in [0.05, 0.1) is 4.47 Å². The van der Waals surface area contributed by atoms with Crippen LogP contribution in [0.3, 0.4) is 0 Å². The lowest BCUT2D eigenvalue weighted by atomic mass is 10.2. The van der Waals surface area contributed by atoms with Crippen LogP contribution in [-0.2, 0) is 4.74 Å². The number of piperazine rings is 1. The van der Waals surface area contributed by atoms with Crippen molar-refractivity contribution in [1.82, 2.24) is 4.90 Å². The number of anilines is 1. The van der Waals surface area contributed by atoms with Crippen LogP contribution in [0.15, 0.2) is 22.7 Å². The van der Waals surface area contributed by atoms with Gasteiger partial charge in [-0.25, -0.2) is 0 Å². The summed E-state index contributed by atoms with van der Waals surface area (Å²) in [5, 5.41) is 0. The Labute approximate surface area is 117 Å². The third-order valence-electron chi connectivity index (χ3n) is 3.12. The Bertz CT molecular complexity index is 393. The summed E-state index contributed by atoms with van der Waals surface area (Å²) in [6.07, 6.45) is 0. The average Bonchev–Trinajstić information content (AvgIpc) is 2.38. The fraction of sp³-hybridized carbons (Fsp3) is 0.538. The number of hydrogen-bond acceptors (Lipinski definition) is 4. The fourth-order valence-corrected chi connectivity index (χ4v) is 2.47. The van der Waals surface area contributed by atoms with Crippen LogP contribution in [0.5, 0.6) is 5.75 Å². The number of rotatable bonds is 4. The van der Waals surface area contributed by atoms with E-state index in [9.17, 15) is 0 Å². The Morgan fingerprint density at radius 1 is 1.22 bits per heavy atom. The summed E-state index contributed by atoms with van der Waals surface area (Å²) in [6, 6.07) is 6.19. The Morgan fingerprint density at radius 2 is 1.94 bits per heavy atom. The van der Waals surface area contributed by atoms with Gasteiger partial charge < -0.3 is 19.3 Å². The summed E-state index contributed by atoms with van der Waals surface area (Å²) in [6.45, 7) is 4.63. The molecule has 1 saturated heterocycles. The molecule has 1 aliphatic rings. The van der Waals surface area contributed by atoms with Gasteiger partial charge in [0.15, 0.2) is 6.79 Å². The van der Waals surface area contributed by atoms with Gasteiger partial charge >= 0.3 is 0 Å². The maximum Gasteiger partial charge on any atom is 0.188 e. The first-order valence-corrected chi connectivity index (χ1v) is 6.85. The van der Waals surface area contributed by atoms with E-state index in [2.05, 4.69) is 44.9 Å². The minimum atomic E-state index is 0.270. The summed E-state index contributed by atoms with van der Waals surface area (Å²) in [5.74, 6) is 0.815. The molecule has 100 valence electrons. The largest absolute Gasteiger partial charge is 0.466 e. The van der Waals surface area contributed by atoms with Gasteiger partial charge in [0.1, 0.15) is 5.75 Å². The van der Waals surface area contributed by atoms with Gasteiger partial charge in [-0.3, -0.25) is 0 Å². The molecular formula is C13H19BrN2O2. The number of nitrogens with zero attached hydrogens (tertiary/aromatic N) is 2. The number of methoxy groups -OCH3 is 1. The minimum absolute atomic E-state index is 0.270. The van der Waals surface area contributed by atoms with Crippen LogP contribution in [-0.4, -0.2) is 52.0 Å². The predicted molar refractivity (Wildman–Crippen MR) is 76.4 cm³/mol. The van der Waals surface area contributed by atoms with Gasteiger partial charge in [-0.15, -0.1) is 0 Å². The van der Waals surface area contributed by atoms with Gasteiger partial charge in [0, 0.05) is 39.0 Å². The Balaban J connectivity index is 2.04. The summed E-state index contributed by atoms with van der Waals surface area (Å²) in [4.78, 5) is 4.74. The lowest BCUT2D eigenvalue weighted by Gasteiger charge is -2.34. The van der Waals surface area contributed by atoms with Crippen LogP contribution in [0, 0.1) is 0 Å². The molecule has 1 fully saturated rings. The molecule has 0 radical (unpaired) electrons. The molecule has 5 heteroatoms. The highest BCUT2D eigenvalue weighted by molar-refractivity contribution is 9.10. The number of hydrogen-bond donors (Lipinski definition) is 0. The molecule has 0 aliphatic carbocycles. The number of likely N-dealkylation sites (N-methyl/N-ethyl adjacent to an activating group) is 1. The topological polar surface area (TPSA) is 24.9 Å². The Kier molecular flexibility index (Phi) is 4.86. The van der Waals surface area contributed by atoms with Gasteiger partial charge in [0.25, 0.3) is 0 Å². The highest BCUT2D eigenvalue weighted by Crippen LogP contribution is 2.30. The first kappa shape index (κ1) is 13.6. The van der Waals surface area contributed by atoms with Crippen LogP contribution >= 0.6 is 15.9 Å². The molecule has 2 rings (SSSR count). The van der Waals surface area contributed by atoms with Crippen molar-refractivity contribution in [2.24, 2.45) is 0 Å². The quantitative estimate of drug-likeness (QED) is 0.795. The van der Waals surface area contributed by atoms with E-state index in [1.807, 2.05) is 6.07 Å². The van der Waals surface area contributed by atoms with Crippen molar-refractivity contribution in [2.75, 3.05) is 52.0 Å². The molecule has 0 unspecified atom stereocenters. The third-order valence-corrected chi connectivity index (χ3v) is 3.74. The highest BCUT2D eigenvalue weighted by atomic mass is 79.9. The smallest absolute Gasteiger partial charge is 0.188 e. The van der Waals surface area contributed by atoms with Crippen molar-refractivity contribution in [2.45, 2.75) is 0 Å². The molecule has 18 heavy (non-hydrogen) atoms. The monoisotopic (exact) mass is 314 g/mol. The molecule has 1 aliphatic heterocycles. The molecular weight excluding hydrogens is 296 g/mol. The first-order valence-electron chi connectivity index (χ1n) is 6.05. The van der Waals surface area contributed by atoms with E-state index in [0.717, 1.165) is 36.4 Å². The van der Waals surface area contributed by atoms with Crippen LogP contribution in [0.2, 0.25) is 0 Å². The normalized spacial score (nSPS) is 16.9. The highest BCUT2D eigenvalue weighted by Gasteiger charge is 2.15. The van der Waals surface area contributed by atoms with Gasteiger partial charge in [-0.1, -0.05) is 0 Å². The van der Waals surface area contributed by atoms with Crippen molar-refractivity contribution in [1.29, 1.82) is 0 Å². The van der Waals surface area contributed by atoms with E-state index in [1.54, 1.807) is 7.11 Å². The zero-order valence-electron chi connectivity index (χ0n) is 10.9. The number of ether oxygens (including phenoxy) is 2. The lowest BCUT2D eigenvalue weighted by molar-refractivity contribution is 0.0506. The molecule has 0 atom stereocenters. The minimum Gasteiger partial charge on any atom is -0.466 e. The standard InChI is InChI=1S/C13H19BrN2O2/c1-15-5-7-16(8-6-15)11-3-4-13(12(14)9-11)18-10-17-2/h3-4,9H,5-8,10H2,1-2H3. The van der Waals surface area contributed by atoms with E-state index in [1.165, 1.54) is 5.69 Å². The maximum absolute atomic E-state index is 5.45. The van der Waals surface area contributed by atoms with Crippen LogP contribution in [0.25, 0.3) is 0 Å². The molecule has 0 aromatic heterocycles. The second-order valence-corrected chi connectivity index (χ2v) is 5.31. The molecule has 0 N–H and O–H groups in total. The summed E-state index contributed by atoms with van der Waals surface area (Å²) in [7, 11) is 3.78. The predicted octanol–water partition coefficient (Wildman–Crippen LogP) is 2.18. The Hall–Kier alpha value is -0.780. The SMILES string of the molecule is COCOc1ccc(N2CCN(C)CC2)cc1Br. The second-order valence-electron chi connectivity index (χ2n) is 4.46. The van der Waals surface area contributed by atoms with E-state index >= 15 is 0 Å². The fourth-order valence-electron chi connectivity index (χ4n) is 1.99. The molecule has 0 amide bonds. The average molecular weight is 315 g/mol. The molecule has 1 heterocycles. The third kappa shape index (κ3) is 3.37. The van der Waals surface area contributed by atoms with Gasteiger partial charge in [-0.2, -0.15) is 0 Å². The maximum atomic E-state index is 5.45. The van der Waals surface area contributed by atoms with Crippen molar-refractivity contribution in [3.8, 4) is 5.75 Å². The van der Waals surface area contributed by atoms with Crippen molar-refractivity contribution >= 4 is 21.6 Å². The van der Waals surface area contributed by atoms with Crippen molar-refractivity contribution < 1.29 is 9.47 Å². The Morgan fingerprint density at radius 3 is 2.56 bits per heavy atom. The molecule has 0 saturated carbocycles. The van der Waals surface area contributed by atoms with Crippen molar-refractivity contribution in [3.05, 3.63) is 22.7 Å². The lowest BCUT2D eigenvalue weighted by Crippen LogP contribution is -2.44. The zero-order chi connectivity index (χ0) is 13.0. The summed E-state index contributed by atoms with van der Waals surface area (Å²) < 4.78 is 11.3. The van der Waals surface area contributed by atoms with E-state index < -0.39 is 0 Å². The molecule has 4 nitrogen and oxygen atoms in total. The summed E-state index contributed by atoms with van der Waals surface area (Å²) in [5.41, 5.74) is 1.24. The van der Waals surface area contributed by atoms with E-state index in [0.29, 0.717) is 0 Å². The zero-order valence-corrected chi connectivity index (χ0v) is 12.4. The van der Waals surface area contributed by atoms with Crippen LogP contribution < -0.4 is 9.64 Å². The van der Waals surface area contributed by atoms with Crippen molar-refractivity contribution in [3.63, 3.8) is 0 Å². The molecule has 0 spiro atoms. The number of halogens is 1. The molecule has 0 bridgehead atoms. The molecule has 1 aromatic rings. The number of benzene rings is 1. The van der Waals surface area contributed by atoms with E-state index in [-0.39, 0.29) is 6.79 Å².